The number of halogens is 1. The summed E-state index contributed by atoms with van der Waals surface area (Å²) in [6, 6.07) is 15.7. The van der Waals surface area contributed by atoms with Gasteiger partial charge in [0.05, 0.1) is 22.2 Å². The first-order chi connectivity index (χ1) is 15.4. The standard InChI is InChI=1S/C24H22BrN3O2S2/c1-15(2)13-27-23(29)21(32-24(27)31)12-17-14-28(18-7-5-4-6-8-18)26-22(17)16-9-10-20(30-3)19(25)11-16/h4-12,14-15H,13H2,1-3H3/b21-12+. The molecule has 5 nitrogen and oxygen atoms in total. The first kappa shape index (κ1) is 22.8. The Hall–Kier alpha value is -2.42. The van der Waals surface area contributed by atoms with Gasteiger partial charge in [0.15, 0.2) is 0 Å². The maximum atomic E-state index is 13.0. The number of benzene rings is 2. The molecule has 0 N–H and O–H groups in total. The molecule has 1 saturated heterocycles. The Morgan fingerprint density at radius 3 is 2.62 bits per heavy atom. The van der Waals surface area contributed by atoms with E-state index in [0.717, 1.165) is 32.7 Å². The van der Waals surface area contributed by atoms with E-state index in [2.05, 4.69) is 29.8 Å². The van der Waals surface area contributed by atoms with Gasteiger partial charge in [0.2, 0.25) is 0 Å². The Bertz CT molecular complexity index is 1210. The third kappa shape index (κ3) is 4.67. The number of rotatable bonds is 6. The van der Waals surface area contributed by atoms with Crippen molar-refractivity contribution in [2.75, 3.05) is 13.7 Å². The fourth-order valence-electron chi connectivity index (χ4n) is 3.41. The zero-order chi connectivity index (χ0) is 22.8. The lowest BCUT2D eigenvalue weighted by atomic mass is 10.1. The van der Waals surface area contributed by atoms with Crippen LogP contribution in [0.25, 0.3) is 23.0 Å². The number of carbonyl (C=O) groups excluding carboxylic acids is 1. The zero-order valence-electron chi connectivity index (χ0n) is 17.9. The Kier molecular flexibility index (Phi) is 6.83. The van der Waals surface area contributed by atoms with Gasteiger partial charge in [-0.1, -0.05) is 56.0 Å². The predicted molar refractivity (Wildman–Crippen MR) is 138 cm³/mol. The number of amides is 1. The zero-order valence-corrected chi connectivity index (χ0v) is 21.1. The van der Waals surface area contributed by atoms with Crippen LogP contribution < -0.4 is 4.74 Å². The van der Waals surface area contributed by atoms with Crippen LogP contribution in [0.2, 0.25) is 0 Å². The van der Waals surface area contributed by atoms with E-state index in [9.17, 15) is 4.79 Å². The molecule has 0 saturated carbocycles. The highest BCUT2D eigenvalue weighted by Crippen LogP contribution is 2.36. The van der Waals surface area contributed by atoms with E-state index in [1.54, 1.807) is 12.0 Å². The Morgan fingerprint density at radius 1 is 1.22 bits per heavy atom. The van der Waals surface area contributed by atoms with Gasteiger partial charge in [-0.2, -0.15) is 5.10 Å². The monoisotopic (exact) mass is 527 g/mol. The molecule has 32 heavy (non-hydrogen) atoms. The number of carbonyl (C=O) groups is 1. The van der Waals surface area contributed by atoms with Crippen molar-refractivity contribution in [2.24, 2.45) is 5.92 Å². The number of aromatic nitrogens is 2. The van der Waals surface area contributed by atoms with Gasteiger partial charge in [-0.05, 0) is 58.3 Å². The van der Waals surface area contributed by atoms with Gasteiger partial charge in [-0.15, -0.1) is 0 Å². The number of para-hydroxylation sites is 1. The van der Waals surface area contributed by atoms with Crippen LogP contribution in [0.4, 0.5) is 0 Å². The summed E-state index contributed by atoms with van der Waals surface area (Å²) in [7, 11) is 1.63. The molecule has 1 fully saturated rings. The van der Waals surface area contributed by atoms with E-state index >= 15 is 0 Å². The lowest BCUT2D eigenvalue weighted by Gasteiger charge is -2.16. The van der Waals surface area contributed by atoms with E-state index < -0.39 is 0 Å². The van der Waals surface area contributed by atoms with Gasteiger partial charge in [0, 0.05) is 23.9 Å². The van der Waals surface area contributed by atoms with Crippen molar-refractivity contribution in [1.29, 1.82) is 0 Å². The van der Waals surface area contributed by atoms with Crippen molar-refractivity contribution in [3.63, 3.8) is 0 Å². The fraction of sp³-hybridized carbons (Fsp3) is 0.208. The SMILES string of the molecule is COc1ccc(-c2nn(-c3ccccc3)cc2/C=C2/SC(=S)N(CC(C)C)C2=O)cc1Br. The summed E-state index contributed by atoms with van der Waals surface area (Å²) >= 11 is 10.4. The van der Waals surface area contributed by atoms with Crippen LogP contribution >= 0.6 is 39.9 Å². The molecule has 0 atom stereocenters. The second kappa shape index (κ2) is 9.60. The summed E-state index contributed by atoms with van der Waals surface area (Å²) in [4.78, 5) is 15.3. The van der Waals surface area contributed by atoms with E-state index in [0.29, 0.717) is 21.7 Å². The van der Waals surface area contributed by atoms with Crippen LogP contribution in [0.1, 0.15) is 19.4 Å². The van der Waals surface area contributed by atoms with Gasteiger partial charge in [0.25, 0.3) is 5.91 Å². The summed E-state index contributed by atoms with van der Waals surface area (Å²) in [5, 5.41) is 4.84. The lowest BCUT2D eigenvalue weighted by Crippen LogP contribution is -2.31. The van der Waals surface area contributed by atoms with E-state index in [4.69, 9.17) is 22.1 Å². The van der Waals surface area contributed by atoms with E-state index in [-0.39, 0.29) is 5.91 Å². The van der Waals surface area contributed by atoms with Crippen molar-refractivity contribution in [3.8, 4) is 22.7 Å². The summed E-state index contributed by atoms with van der Waals surface area (Å²) in [6.07, 6.45) is 3.83. The van der Waals surface area contributed by atoms with Gasteiger partial charge in [-0.3, -0.25) is 9.69 Å². The van der Waals surface area contributed by atoms with E-state index in [1.807, 2.05) is 65.5 Å². The van der Waals surface area contributed by atoms with Crippen LogP contribution in [0.5, 0.6) is 5.75 Å². The summed E-state index contributed by atoms with van der Waals surface area (Å²) < 4.78 is 8.62. The highest BCUT2D eigenvalue weighted by atomic mass is 79.9. The maximum Gasteiger partial charge on any atom is 0.266 e. The second-order valence-electron chi connectivity index (χ2n) is 7.75. The largest absolute Gasteiger partial charge is 0.496 e. The molecule has 0 bridgehead atoms. The number of hydrogen-bond donors (Lipinski definition) is 0. The third-order valence-electron chi connectivity index (χ3n) is 4.90. The first-order valence-electron chi connectivity index (χ1n) is 10.1. The molecule has 1 amide bonds. The molecule has 2 aromatic carbocycles. The van der Waals surface area contributed by atoms with E-state index in [1.165, 1.54) is 11.8 Å². The minimum Gasteiger partial charge on any atom is -0.496 e. The molecular formula is C24H22BrN3O2S2. The Morgan fingerprint density at radius 2 is 1.97 bits per heavy atom. The van der Waals surface area contributed by atoms with Crippen molar-refractivity contribution >= 4 is 56.2 Å². The topological polar surface area (TPSA) is 47.4 Å². The second-order valence-corrected chi connectivity index (χ2v) is 10.3. The normalized spacial score (nSPS) is 15.3. The number of nitrogens with zero attached hydrogens (tertiary/aromatic N) is 3. The molecule has 0 spiro atoms. The Balaban J connectivity index is 1.80. The number of hydrogen-bond acceptors (Lipinski definition) is 5. The highest BCUT2D eigenvalue weighted by molar-refractivity contribution is 9.10. The molecule has 3 aromatic rings. The molecule has 0 unspecified atom stereocenters. The maximum absolute atomic E-state index is 13.0. The summed E-state index contributed by atoms with van der Waals surface area (Å²) in [5.74, 6) is 1.03. The number of thiocarbonyl (C=S) groups is 1. The number of methoxy groups -OCH3 is 1. The lowest BCUT2D eigenvalue weighted by molar-refractivity contribution is -0.122. The van der Waals surface area contributed by atoms with Crippen molar-refractivity contribution in [2.45, 2.75) is 13.8 Å². The first-order valence-corrected chi connectivity index (χ1v) is 12.1. The fourth-order valence-corrected chi connectivity index (χ4v) is 5.21. The number of ether oxygens (including phenoxy) is 1. The van der Waals surface area contributed by atoms with Crippen molar-refractivity contribution in [1.82, 2.24) is 14.7 Å². The summed E-state index contributed by atoms with van der Waals surface area (Å²) in [6.45, 7) is 4.77. The third-order valence-corrected chi connectivity index (χ3v) is 6.89. The van der Waals surface area contributed by atoms with Crippen LogP contribution in [-0.2, 0) is 4.79 Å². The van der Waals surface area contributed by atoms with Crippen LogP contribution in [0.15, 0.2) is 64.1 Å². The molecule has 0 radical (unpaired) electrons. The molecule has 2 heterocycles. The molecular weight excluding hydrogens is 506 g/mol. The predicted octanol–water partition coefficient (Wildman–Crippen LogP) is 6.17. The minimum absolute atomic E-state index is 0.0528. The van der Waals surface area contributed by atoms with Gasteiger partial charge in [-0.25, -0.2) is 4.68 Å². The molecule has 4 rings (SSSR count). The minimum atomic E-state index is -0.0528. The van der Waals surface area contributed by atoms with Gasteiger partial charge >= 0.3 is 0 Å². The van der Waals surface area contributed by atoms with Crippen LogP contribution in [-0.4, -0.2) is 38.6 Å². The molecule has 8 heteroatoms. The van der Waals surface area contributed by atoms with Crippen molar-refractivity contribution < 1.29 is 9.53 Å². The van der Waals surface area contributed by atoms with Gasteiger partial charge in [0.1, 0.15) is 15.8 Å². The number of thioether (sulfide) groups is 1. The average Bonchev–Trinajstić information content (AvgIpc) is 3.31. The molecule has 1 aliphatic heterocycles. The van der Waals surface area contributed by atoms with Crippen molar-refractivity contribution in [3.05, 3.63) is 69.7 Å². The smallest absolute Gasteiger partial charge is 0.266 e. The molecule has 1 aliphatic rings. The molecule has 164 valence electrons. The average molecular weight is 528 g/mol. The molecule has 1 aromatic heterocycles. The van der Waals surface area contributed by atoms with Gasteiger partial charge < -0.3 is 4.74 Å². The summed E-state index contributed by atoms with van der Waals surface area (Å²) in [5.41, 5.74) is 3.46. The quantitative estimate of drug-likeness (QED) is 0.283. The molecule has 0 aliphatic carbocycles. The Labute approximate surface area is 205 Å². The van der Waals surface area contributed by atoms with Crippen LogP contribution in [0.3, 0.4) is 0 Å². The highest BCUT2D eigenvalue weighted by Gasteiger charge is 2.32. The van der Waals surface area contributed by atoms with Crippen LogP contribution in [0, 0.1) is 5.92 Å².